The average molecular weight is 306 g/mol. The molecule has 0 bridgehead atoms. The maximum atomic E-state index is 12.1. The molecule has 1 saturated heterocycles. The van der Waals surface area contributed by atoms with E-state index in [-0.39, 0.29) is 5.78 Å². The zero-order valence-electron chi connectivity index (χ0n) is 12.7. The van der Waals surface area contributed by atoms with E-state index >= 15 is 0 Å². The highest BCUT2D eigenvalue weighted by atomic mass is 16.7. The normalized spacial score (nSPS) is 34.7. The Balaban J connectivity index is 2.21. The Bertz CT molecular complexity index is 658. The highest BCUT2D eigenvalue weighted by Gasteiger charge is 2.64. The van der Waals surface area contributed by atoms with E-state index in [0.717, 1.165) is 0 Å². The van der Waals surface area contributed by atoms with Crippen LogP contribution in [0.4, 0.5) is 0 Å². The van der Waals surface area contributed by atoms with Crippen LogP contribution in [0.2, 0.25) is 0 Å². The summed E-state index contributed by atoms with van der Waals surface area (Å²) in [6.45, 7) is 3.50. The number of carbonyl (C=O) groups excluding carboxylic acids is 2. The molecule has 1 aromatic heterocycles. The quantitative estimate of drug-likeness (QED) is 0.840. The molecule has 3 rings (SSSR count). The van der Waals surface area contributed by atoms with Gasteiger partial charge in [0.1, 0.15) is 0 Å². The van der Waals surface area contributed by atoms with E-state index in [0.29, 0.717) is 29.6 Å². The van der Waals surface area contributed by atoms with Crippen LogP contribution >= 0.6 is 0 Å². The lowest BCUT2D eigenvalue weighted by Gasteiger charge is -2.35. The zero-order chi connectivity index (χ0) is 16.1. The van der Waals surface area contributed by atoms with Crippen molar-refractivity contribution < 1.29 is 28.6 Å². The number of fused-ring (bicyclic) bond motifs is 1. The fourth-order valence-corrected chi connectivity index (χ4v) is 3.66. The minimum atomic E-state index is -2.24. The highest BCUT2D eigenvalue weighted by Crippen LogP contribution is 2.60. The molecule has 1 aromatic rings. The monoisotopic (exact) mass is 306 g/mol. The van der Waals surface area contributed by atoms with Crippen LogP contribution in [0, 0.1) is 5.41 Å². The molecule has 0 amide bonds. The number of ketones is 1. The van der Waals surface area contributed by atoms with Crippen LogP contribution in [0.25, 0.3) is 0 Å². The number of Topliss-reactive ketones (excluding diaryl/α,β-unsaturated/α-hetero) is 1. The van der Waals surface area contributed by atoms with Gasteiger partial charge in [-0.1, -0.05) is 6.92 Å². The molecule has 1 aliphatic carbocycles. The topological polar surface area (TPSA) is 86.0 Å². The summed E-state index contributed by atoms with van der Waals surface area (Å²) >= 11 is 0. The third-order valence-electron chi connectivity index (χ3n) is 4.75. The third kappa shape index (κ3) is 1.80. The number of methoxy groups -OCH3 is 1. The Hall–Kier alpha value is -1.92. The maximum Gasteiger partial charge on any atom is 0.371 e. The molecule has 118 valence electrons. The lowest BCUT2D eigenvalue weighted by Crippen LogP contribution is -2.44. The first kappa shape index (κ1) is 15.0. The SMILES string of the molecule is COC(=O)C1(O)OC(c2ccoc2)C2(C)CCC(=O)C(C)=C12. The standard InChI is InChI=1S/C16H18O6/c1-9-11(17)4-6-15(2)12(9)16(19,14(18)20-3)22-13(15)10-5-7-21-8-10/h5,7-8,13,19H,4,6H2,1-3H3. The van der Waals surface area contributed by atoms with E-state index in [2.05, 4.69) is 0 Å². The van der Waals surface area contributed by atoms with Crippen LogP contribution in [-0.4, -0.2) is 29.8 Å². The van der Waals surface area contributed by atoms with Gasteiger partial charge in [0.05, 0.1) is 25.7 Å². The van der Waals surface area contributed by atoms with Crippen molar-refractivity contribution in [1.82, 2.24) is 0 Å². The number of rotatable bonds is 2. The predicted octanol–water partition coefficient (Wildman–Crippen LogP) is 1.90. The number of carbonyl (C=O) groups is 2. The molecule has 6 nitrogen and oxygen atoms in total. The molecule has 0 radical (unpaired) electrons. The maximum absolute atomic E-state index is 12.1. The lowest BCUT2D eigenvalue weighted by atomic mass is 9.66. The van der Waals surface area contributed by atoms with Gasteiger partial charge in [-0.25, -0.2) is 4.79 Å². The summed E-state index contributed by atoms with van der Waals surface area (Å²) in [5.74, 6) is -3.26. The lowest BCUT2D eigenvalue weighted by molar-refractivity contribution is -0.211. The van der Waals surface area contributed by atoms with Crippen LogP contribution in [0.3, 0.4) is 0 Å². The molecule has 1 N–H and O–H groups in total. The van der Waals surface area contributed by atoms with Crippen molar-refractivity contribution in [3.63, 3.8) is 0 Å². The van der Waals surface area contributed by atoms with Gasteiger partial charge in [0, 0.05) is 23.0 Å². The van der Waals surface area contributed by atoms with Crippen molar-refractivity contribution in [2.75, 3.05) is 7.11 Å². The van der Waals surface area contributed by atoms with E-state index in [4.69, 9.17) is 13.9 Å². The number of ether oxygens (including phenoxy) is 2. The van der Waals surface area contributed by atoms with E-state index in [1.54, 1.807) is 13.0 Å². The summed E-state index contributed by atoms with van der Waals surface area (Å²) in [6.07, 6.45) is 3.26. The summed E-state index contributed by atoms with van der Waals surface area (Å²) in [6, 6.07) is 1.72. The second-order valence-electron chi connectivity index (χ2n) is 6.03. The number of hydrogen-bond donors (Lipinski definition) is 1. The van der Waals surface area contributed by atoms with Crippen molar-refractivity contribution in [2.24, 2.45) is 5.41 Å². The molecule has 2 aliphatic rings. The minimum absolute atomic E-state index is 0.0914. The Labute approximate surface area is 127 Å². The van der Waals surface area contributed by atoms with Gasteiger partial charge >= 0.3 is 5.97 Å². The highest BCUT2D eigenvalue weighted by molar-refractivity contribution is 5.99. The second-order valence-corrected chi connectivity index (χ2v) is 6.03. The van der Waals surface area contributed by atoms with E-state index in [1.165, 1.54) is 19.6 Å². The van der Waals surface area contributed by atoms with Crippen molar-refractivity contribution in [2.45, 2.75) is 38.6 Å². The van der Waals surface area contributed by atoms with Gasteiger partial charge in [-0.3, -0.25) is 4.79 Å². The van der Waals surface area contributed by atoms with Crippen LogP contribution < -0.4 is 0 Å². The molecule has 1 fully saturated rings. The predicted molar refractivity (Wildman–Crippen MR) is 74.5 cm³/mol. The number of furan rings is 1. The smallest absolute Gasteiger partial charge is 0.371 e. The Morgan fingerprint density at radius 1 is 1.50 bits per heavy atom. The summed E-state index contributed by atoms with van der Waals surface area (Å²) < 4.78 is 15.5. The first-order valence-corrected chi connectivity index (χ1v) is 7.10. The van der Waals surface area contributed by atoms with Crippen molar-refractivity contribution in [1.29, 1.82) is 0 Å². The van der Waals surface area contributed by atoms with Gasteiger partial charge in [-0.05, 0) is 25.0 Å². The van der Waals surface area contributed by atoms with Crippen LogP contribution in [0.5, 0.6) is 0 Å². The summed E-state index contributed by atoms with van der Waals surface area (Å²) in [5.41, 5.74) is 0.703. The van der Waals surface area contributed by atoms with Crippen molar-refractivity contribution in [3.8, 4) is 0 Å². The van der Waals surface area contributed by atoms with E-state index < -0.39 is 23.3 Å². The first-order valence-electron chi connectivity index (χ1n) is 7.10. The summed E-state index contributed by atoms with van der Waals surface area (Å²) in [5, 5.41) is 10.8. The second kappa shape index (κ2) is 4.79. The van der Waals surface area contributed by atoms with Crippen LogP contribution in [-0.2, 0) is 19.1 Å². The molecule has 0 aromatic carbocycles. The molecule has 0 saturated carbocycles. The summed E-state index contributed by atoms with van der Waals surface area (Å²) in [7, 11) is 1.17. The molecule has 3 atom stereocenters. The number of hydrogen-bond acceptors (Lipinski definition) is 6. The molecule has 0 spiro atoms. The Morgan fingerprint density at radius 3 is 2.82 bits per heavy atom. The van der Waals surface area contributed by atoms with Gasteiger partial charge in [0.2, 0.25) is 0 Å². The fraction of sp³-hybridized carbons (Fsp3) is 0.500. The van der Waals surface area contributed by atoms with Gasteiger partial charge < -0.3 is 19.0 Å². The number of esters is 1. The molecule has 2 heterocycles. The van der Waals surface area contributed by atoms with Crippen LogP contribution in [0.1, 0.15) is 38.4 Å². The number of allylic oxidation sites excluding steroid dienone is 1. The zero-order valence-corrected chi connectivity index (χ0v) is 12.7. The largest absolute Gasteiger partial charge is 0.472 e. The fourth-order valence-electron chi connectivity index (χ4n) is 3.66. The third-order valence-corrected chi connectivity index (χ3v) is 4.75. The number of aliphatic hydroxyl groups is 1. The molecule has 3 unspecified atom stereocenters. The molecule has 1 aliphatic heterocycles. The molecular weight excluding hydrogens is 288 g/mol. The van der Waals surface area contributed by atoms with E-state index in [1.807, 2.05) is 6.92 Å². The van der Waals surface area contributed by atoms with Gasteiger partial charge in [-0.15, -0.1) is 0 Å². The van der Waals surface area contributed by atoms with Crippen molar-refractivity contribution in [3.05, 3.63) is 35.3 Å². The van der Waals surface area contributed by atoms with Gasteiger partial charge in [-0.2, -0.15) is 0 Å². The van der Waals surface area contributed by atoms with Crippen LogP contribution in [0.15, 0.2) is 34.2 Å². The average Bonchev–Trinajstić information content (AvgIpc) is 3.08. The minimum Gasteiger partial charge on any atom is -0.472 e. The Morgan fingerprint density at radius 2 is 2.23 bits per heavy atom. The summed E-state index contributed by atoms with van der Waals surface area (Å²) in [4.78, 5) is 24.2. The van der Waals surface area contributed by atoms with Gasteiger partial charge in [0.25, 0.3) is 5.79 Å². The first-order chi connectivity index (χ1) is 10.3. The van der Waals surface area contributed by atoms with Gasteiger partial charge in [0.15, 0.2) is 5.78 Å². The van der Waals surface area contributed by atoms with Crippen molar-refractivity contribution >= 4 is 11.8 Å². The Kier molecular flexibility index (Phi) is 3.27. The molecule has 22 heavy (non-hydrogen) atoms. The molecular formula is C16H18O6. The van der Waals surface area contributed by atoms with E-state index in [9.17, 15) is 14.7 Å². The molecule has 6 heteroatoms.